The van der Waals surface area contributed by atoms with Crippen LogP contribution in [0.5, 0.6) is 0 Å². The van der Waals surface area contributed by atoms with Crippen molar-refractivity contribution in [2.24, 2.45) is 0 Å². The maximum Gasteiger partial charge on any atom is 0.0615 e. The molecule has 0 spiro atoms. The van der Waals surface area contributed by atoms with Gasteiger partial charge in [0.05, 0.1) is 27.8 Å². The second-order valence-corrected chi connectivity index (χ2v) is 11.4. The number of allylic oxidation sites excluding steroid dienone is 3. The first-order valence-corrected chi connectivity index (χ1v) is 15.2. The summed E-state index contributed by atoms with van der Waals surface area (Å²) in [5.41, 5.74) is 15.4. The number of fused-ring (bicyclic) bond motifs is 6. The predicted molar refractivity (Wildman–Crippen MR) is 186 cm³/mol. The van der Waals surface area contributed by atoms with Gasteiger partial charge in [0.2, 0.25) is 0 Å². The molecule has 0 aliphatic heterocycles. The molecule has 2 aromatic heterocycles. The molecular weight excluding hydrogens is 532 g/mol. The van der Waals surface area contributed by atoms with Crippen LogP contribution in [0.4, 0.5) is 0 Å². The van der Waals surface area contributed by atoms with Gasteiger partial charge in [0.1, 0.15) is 0 Å². The molecule has 0 unspecified atom stereocenters. The van der Waals surface area contributed by atoms with Crippen molar-refractivity contribution in [2.75, 3.05) is 0 Å². The Bertz CT molecular complexity index is 2440. The molecule has 0 amide bonds. The van der Waals surface area contributed by atoms with Crippen LogP contribution < -0.4 is 0 Å². The molecule has 8 aromatic rings. The van der Waals surface area contributed by atoms with Crippen LogP contribution in [0.2, 0.25) is 0 Å². The van der Waals surface area contributed by atoms with E-state index in [2.05, 4.69) is 167 Å². The highest BCUT2D eigenvalue weighted by molar-refractivity contribution is 6.13. The number of aromatic nitrogens is 2. The molecule has 2 heteroatoms. The van der Waals surface area contributed by atoms with Crippen LogP contribution in [0.1, 0.15) is 12.0 Å². The Balaban J connectivity index is 1.38. The zero-order valence-electron chi connectivity index (χ0n) is 24.1. The first-order valence-electron chi connectivity index (χ1n) is 15.2. The molecule has 0 atom stereocenters. The predicted octanol–water partition coefficient (Wildman–Crippen LogP) is 11.0. The number of rotatable bonds is 4. The second-order valence-electron chi connectivity index (χ2n) is 11.4. The van der Waals surface area contributed by atoms with Crippen LogP contribution in [0.15, 0.2) is 163 Å². The van der Waals surface area contributed by atoms with Crippen molar-refractivity contribution in [3.8, 4) is 22.5 Å². The molecule has 0 radical (unpaired) electrons. The number of nitrogens with zero attached hydrogens (tertiary/aromatic N) is 2. The molecule has 6 aromatic carbocycles. The van der Waals surface area contributed by atoms with Crippen molar-refractivity contribution in [2.45, 2.75) is 6.42 Å². The van der Waals surface area contributed by atoms with Crippen LogP contribution in [0, 0.1) is 0 Å². The first-order chi connectivity index (χ1) is 21.9. The number of benzene rings is 6. The van der Waals surface area contributed by atoms with E-state index in [9.17, 15) is 0 Å². The molecule has 0 fully saturated rings. The van der Waals surface area contributed by atoms with E-state index in [0.717, 1.165) is 6.42 Å². The van der Waals surface area contributed by atoms with Crippen LogP contribution in [0.3, 0.4) is 0 Å². The average Bonchev–Trinajstić information content (AvgIpc) is 3.61. The summed E-state index contributed by atoms with van der Waals surface area (Å²) in [4.78, 5) is 0. The van der Waals surface area contributed by atoms with E-state index >= 15 is 0 Å². The van der Waals surface area contributed by atoms with Gasteiger partial charge in [-0.15, -0.1) is 5.73 Å². The minimum atomic E-state index is 0.858. The van der Waals surface area contributed by atoms with Gasteiger partial charge in [0, 0.05) is 38.4 Å². The molecule has 2 nitrogen and oxygen atoms in total. The Hall–Kier alpha value is -5.82. The largest absolute Gasteiger partial charge is 0.309 e. The van der Waals surface area contributed by atoms with Crippen molar-refractivity contribution in [1.29, 1.82) is 0 Å². The average molecular weight is 561 g/mol. The minimum absolute atomic E-state index is 0.858. The van der Waals surface area contributed by atoms with Gasteiger partial charge >= 0.3 is 0 Å². The van der Waals surface area contributed by atoms with Crippen LogP contribution >= 0.6 is 0 Å². The van der Waals surface area contributed by atoms with E-state index in [1.807, 2.05) is 6.08 Å². The van der Waals surface area contributed by atoms with Gasteiger partial charge in [-0.05, 0) is 66.1 Å². The Kier molecular flexibility index (Phi) is 5.56. The van der Waals surface area contributed by atoms with Gasteiger partial charge in [-0.1, -0.05) is 109 Å². The third-order valence-electron chi connectivity index (χ3n) is 9.01. The summed E-state index contributed by atoms with van der Waals surface area (Å²) in [6.07, 6.45) is 7.22. The summed E-state index contributed by atoms with van der Waals surface area (Å²) in [5, 5.41) is 5.04. The number of hydrogen-bond acceptors (Lipinski definition) is 0. The van der Waals surface area contributed by atoms with Crippen molar-refractivity contribution in [1.82, 2.24) is 9.13 Å². The lowest BCUT2D eigenvalue weighted by atomic mass is 9.93. The number of para-hydroxylation sites is 4. The lowest BCUT2D eigenvalue weighted by Gasteiger charge is -2.20. The van der Waals surface area contributed by atoms with Crippen molar-refractivity contribution >= 4 is 49.2 Å². The maximum atomic E-state index is 3.25. The first kappa shape index (κ1) is 24.7. The van der Waals surface area contributed by atoms with Gasteiger partial charge in [0.25, 0.3) is 0 Å². The van der Waals surface area contributed by atoms with Gasteiger partial charge in [-0.25, -0.2) is 0 Å². The Morgan fingerprint density at radius 2 is 1.07 bits per heavy atom. The van der Waals surface area contributed by atoms with Gasteiger partial charge in [0.15, 0.2) is 0 Å². The summed E-state index contributed by atoms with van der Waals surface area (Å²) in [5.74, 6) is 0. The summed E-state index contributed by atoms with van der Waals surface area (Å²) in [6.45, 7) is 0. The fraction of sp³-hybridized carbons (Fsp3) is 0.0238. The lowest BCUT2D eigenvalue weighted by Crippen LogP contribution is -2.03. The highest BCUT2D eigenvalue weighted by Gasteiger charge is 2.21. The third-order valence-corrected chi connectivity index (χ3v) is 9.01. The molecule has 44 heavy (non-hydrogen) atoms. The quantitative estimate of drug-likeness (QED) is 0.190. The molecular formula is C42H28N2. The summed E-state index contributed by atoms with van der Waals surface area (Å²) >= 11 is 0. The molecule has 0 N–H and O–H groups in total. The van der Waals surface area contributed by atoms with Crippen molar-refractivity contribution < 1.29 is 0 Å². The van der Waals surface area contributed by atoms with E-state index in [0.29, 0.717) is 0 Å². The van der Waals surface area contributed by atoms with Gasteiger partial charge < -0.3 is 9.13 Å². The van der Waals surface area contributed by atoms with E-state index in [1.165, 1.54) is 77.2 Å². The number of hydrogen-bond donors (Lipinski definition) is 0. The summed E-state index contributed by atoms with van der Waals surface area (Å²) < 4.78 is 4.89. The fourth-order valence-electron chi connectivity index (χ4n) is 7.09. The molecule has 0 saturated heterocycles. The zero-order valence-corrected chi connectivity index (χ0v) is 24.1. The maximum absolute atomic E-state index is 3.25. The second kappa shape index (κ2) is 9.88. The van der Waals surface area contributed by atoms with E-state index in [-0.39, 0.29) is 0 Å². The topological polar surface area (TPSA) is 9.86 Å². The highest BCUT2D eigenvalue weighted by Crippen LogP contribution is 2.42. The minimum Gasteiger partial charge on any atom is -0.309 e. The molecule has 0 saturated carbocycles. The summed E-state index contributed by atoms with van der Waals surface area (Å²) in [6, 6.07) is 50.7. The van der Waals surface area contributed by atoms with E-state index < -0.39 is 0 Å². The molecule has 0 bridgehead atoms. The third kappa shape index (κ3) is 3.69. The van der Waals surface area contributed by atoms with Crippen LogP contribution in [-0.2, 0) is 0 Å². The molecule has 1 aliphatic rings. The molecule has 206 valence electrons. The smallest absolute Gasteiger partial charge is 0.0615 e. The van der Waals surface area contributed by atoms with Gasteiger partial charge in [-0.2, -0.15) is 0 Å². The van der Waals surface area contributed by atoms with Crippen LogP contribution in [-0.4, -0.2) is 9.13 Å². The highest BCUT2D eigenvalue weighted by atomic mass is 15.0. The summed E-state index contributed by atoms with van der Waals surface area (Å²) in [7, 11) is 0. The van der Waals surface area contributed by atoms with Crippen LogP contribution in [0.25, 0.3) is 71.7 Å². The molecule has 2 heterocycles. The SMILES string of the molecule is C1=CC=C(c2cccc(-c3ccccc3)c2-n2c3ccccc3c3cc(-n4c5ccccc5c5ccccc54)ccc32)CC=1. The normalized spacial score (nSPS) is 13.0. The standard InChI is InChI=1S/C42H28N2/c1-3-14-29(15-4-1)32-21-13-22-33(30-16-5-2-6-17-30)42(32)44-40-25-12-9-20-36(40)37-28-31(26-27-41(37)44)43-38-23-10-7-18-34(38)35-19-8-11-24-39(35)43/h1,3-16,18-28H,17H2. The van der Waals surface area contributed by atoms with Crippen molar-refractivity contribution in [3.63, 3.8) is 0 Å². The lowest BCUT2D eigenvalue weighted by molar-refractivity contribution is 1.15. The van der Waals surface area contributed by atoms with Gasteiger partial charge in [-0.3, -0.25) is 0 Å². The monoisotopic (exact) mass is 560 g/mol. The Morgan fingerprint density at radius 3 is 1.75 bits per heavy atom. The Morgan fingerprint density at radius 1 is 0.477 bits per heavy atom. The zero-order chi connectivity index (χ0) is 29.0. The fourth-order valence-corrected chi connectivity index (χ4v) is 7.09. The van der Waals surface area contributed by atoms with Crippen molar-refractivity contribution in [3.05, 3.63) is 169 Å². The molecule has 1 aliphatic carbocycles. The van der Waals surface area contributed by atoms with E-state index in [4.69, 9.17) is 0 Å². The van der Waals surface area contributed by atoms with E-state index in [1.54, 1.807) is 0 Å². The Labute approximate surface area is 255 Å². The molecule has 9 rings (SSSR count).